The Kier molecular flexibility index (Phi) is 4.49. The Morgan fingerprint density at radius 3 is 2.86 bits per heavy atom. The molecule has 3 aromatic rings. The van der Waals surface area contributed by atoms with Crippen molar-refractivity contribution >= 4 is 33.2 Å². The van der Waals surface area contributed by atoms with E-state index in [1.807, 2.05) is 6.07 Å². The maximum absolute atomic E-state index is 12.2. The lowest BCUT2D eigenvalue weighted by atomic mass is 10.1. The lowest BCUT2D eigenvalue weighted by molar-refractivity contribution is -0.723. The van der Waals surface area contributed by atoms with Gasteiger partial charge in [0.2, 0.25) is 5.78 Å². The van der Waals surface area contributed by atoms with Crippen LogP contribution in [0.15, 0.2) is 45.1 Å². The van der Waals surface area contributed by atoms with Gasteiger partial charge in [0, 0.05) is 5.39 Å². The zero-order valence-electron chi connectivity index (χ0n) is 10.7. The third kappa shape index (κ3) is 3.01. The average molecular weight is 368 g/mol. The van der Waals surface area contributed by atoms with Gasteiger partial charge in [-0.2, -0.15) is 0 Å². The molecule has 2 heterocycles. The number of hydrogen-bond donors (Lipinski definition) is 1. The Morgan fingerprint density at radius 2 is 2.14 bits per heavy atom. The summed E-state index contributed by atoms with van der Waals surface area (Å²) in [6.45, 7) is -0.0849. The quantitative estimate of drug-likeness (QED) is 0.328. The summed E-state index contributed by atoms with van der Waals surface area (Å²) in [5.41, 5.74) is 7.00. The van der Waals surface area contributed by atoms with E-state index in [2.05, 4.69) is 5.10 Å². The maximum atomic E-state index is 12.2. The molecule has 0 aliphatic carbocycles. The van der Waals surface area contributed by atoms with Crippen molar-refractivity contribution in [3.05, 3.63) is 51.8 Å². The second-order valence-corrected chi connectivity index (χ2v) is 5.01. The van der Waals surface area contributed by atoms with Crippen LogP contribution >= 0.6 is 11.3 Å². The molecule has 6 nitrogen and oxygen atoms in total. The van der Waals surface area contributed by atoms with Crippen LogP contribution in [0.3, 0.4) is 0 Å². The number of carbonyl (C=O) groups excluding carboxylic acids is 1. The number of Topliss-reactive ketones (excluding diaryl/α,β-unsaturated/α-hetero) is 1. The summed E-state index contributed by atoms with van der Waals surface area (Å²) < 4.78 is 6.48. The van der Waals surface area contributed by atoms with Crippen LogP contribution in [0.5, 0.6) is 0 Å². The van der Waals surface area contributed by atoms with Gasteiger partial charge in [0.05, 0.1) is 0 Å². The van der Waals surface area contributed by atoms with E-state index < -0.39 is 5.63 Å². The SMILES string of the molecule is Nc1scn[n+]1CC(=O)c1cc2ccccc2oc1=O.[Br-]. The fraction of sp³-hybridized carbons (Fsp3) is 0.0769. The van der Waals surface area contributed by atoms with Crippen LogP contribution in [-0.2, 0) is 6.54 Å². The van der Waals surface area contributed by atoms with E-state index in [-0.39, 0.29) is 34.9 Å². The van der Waals surface area contributed by atoms with Gasteiger partial charge in [0.15, 0.2) is 6.54 Å². The number of ketones is 1. The highest BCUT2D eigenvalue weighted by Crippen LogP contribution is 2.13. The number of rotatable bonds is 3. The summed E-state index contributed by atoms with van der Waals surface area (Å²) >= 11 is 1.22. The monoisotopic (exact) mass is 367 g/mol. The Hall–Kier alpha value is -2.06. The van der Waals surface area contributed by atoms with Gasteiger partial charge in [-0.1, -0.05) is 23.3 Å². The van der Waals surface area contributed by atoms with Crippen LogP contribution < -0.4 is 33.0 Å². The lowest BCUT2D eigenvalue weighted by Crippen LogP contribution is -3.00. The smallest absolute Gasteiger partial charge is 0.354 e. The molecule has 1 aromatic carbocycles. The molecule has 0 amide bonds. The molecule has 21 heavy (non-hydrogen) atoms. The number of aromatic nitrogens is 2. The van der Waals surface area contributed by atoms with Crippen molar-refractivity contribution in [1.29, 1.82) is 0 Å². The number of para-hydroxylation sites is 1. The van der Waals surface area contributed by atoms with E-state index in [1.165, 1.54) is 27.6 Å². The van der Waals surface area contributed by atoms with E-state index >= 15 is 0 Å². The van der Waals surface area contributed by atoms with Gasteiger partial charge in [-0.3, -0.25) is 10.5 Å². The standard InChI is InChI=1S/C13H9N3O3S.BrH/c14-13-16(15-7-20-13)6-10(17)9-5-8-3-1-2-4-11(8)19-12(9)18;/h1-5,7,14H,6H2;1H. The van der Waals surface area contributed by atoms with Crippen molar-refractivity contribution < 1.29 is 30.9 Å². The maximum Gasteiger partial charge on any atom is 0.354 e. The molecule has 0 saturated heterocycles. The Labute approximate surface area is 133 Å². The van der Waals surface area contributed by atoms with E-state index in [0.29, 0.717) is 16.1 Å². The fourth-order valence-electron chi connectivity index (χ4n) is 1.85. The molecule has 3 rings (SSSR count). The number of anilines is 1. The molecular formula is C13H10BrN3O3S. The highest BCUT2D eigenvalue weighted by Gasteiger charge is 2.19. The molecule has 8 heteroatoms. The molecule has 0 aliphatic heterocycles. The number of nitrogens with zero attached hydrogens (tertiary/aromatic N) is 2. The first kappa shape index (κ1) is 15.3. The van der Waals surface area contributed by atoms with Gasteiger partial charge in [-0.05, 0) is 23.5 Å². The largest absolute Gasteiger partial charge is 1.00 e. The van der Waals surface area contributed by atoms with E-state index in [4.69, 9.17) is 10.2 Å². The predicted molar refractivity (Wildman–Crippen MR) is 73.5 cm³/mol. The second-order valence-electron chi connectivity index (χ2n) is 4.14. The summed E-state index contributed by atoms with van der Waals surface area (Å²) in [5, 5.41) is 5.04. The Morgan fingerprint density at radius 1 is 1.38 bits per heavy atom. The number of carbonyl (C=O) groups is 1. The molecule has 0 saturated carbocycles. The number of hydrogen-bond acceptors (Lipinski definition) is 6. The van der Waals surface area contributed by atoms with Crippen LogP contribution in [0.2, 0.25) is 0 Å². The van der Waals surface area contributed by atoms with Crippen LogP contribution in [0, 0.1) is 0 Å². The molecule has 0 atom stereocenters. The number of halogens is 1. The van der Waals surface area contributed by atoms with Gasteiger partial charge >= 0.3 is 10.8 Å². The first-order valence-corrected chi connectivity index (χ1v) is 6.68. The van der Waals surface area contributed by atoms with Crippen LogP contribution in [0.1, 0.15) is 10.4 Å². The van der Waals surface area contributed by atoms with Gasteiger partial charge < -0.3 is 21.4 Å². The van der Waals surface area contributed by atoms with Crippen molar-refractivity contribution in [3.8, 4) is 0 Å². The molecule has 0 fully saturated rings. The third-order valence-corrected chi connectivity index (χ3v) is 3.50. The second kappa shape index (κ2) is 6.15. The normalized spacial score (nSPS) is 10.3. The van der Waals surface area contributed by atoms with Crippen LogP contribution in [0.25, 0.3) is 11.0 Å². The number of nitrogen functional groups attached to an aromatic ring is 1. The summed E-state index contributed by atoms with van der Waals surface area (Å²) in [6, 6.07) is 8.56. The zero-order valence-corrected chi connectivity index (χ0v) is 13.1. The zero-order chi connectivity index (χ0) is 14.1. The molecule has 0 bridgehead atoms. The van der Waals surface area contributed by atoms with Crippen molar-refractivity contribution in [2.75, 3.05) is 5.73 Å². The summed E-state index contributed by atoms with van der Waals surface area (Å²) in [5.74, 6) is -0.382. The van der Waals surface area contributed by atoms with Gasteiger partial charge in [-0.25, -0.2) is 4.79 Å². The summed E-state index contributed by atoms with van der Waals surface area (Å²) in [6.07, 6.45) is 0. The average Bonchev–Trinajstić information content (AvgIpc) is 2.83. The van der Waals surface area contributed by atoms with Gasteiger partial charge in [-0.15, -0.1) is 4.68 Å². The van der Waals surface area contributed by atoms with E-state index in [9.17, 15) is 9.59 Å². The molecule has 2 aromatic heterocycles. The number of fused-ring (bicyclic) bond motifs is 1. The van der Waals surface area contributed by atoms with Gasteiger partial charge in [0.1, 0.15) is 16.7 Å². The number of nitrogens with two attached hydrogens (primary N) is 1. The molecule has 0 spiro atoms. The molecule has 0 unspecified atom stereocenters. The molecule has 0 aliphatic rings. The lowest BCUT2D eigenvalue weighted by Gasteiger charge is -2.00. The van der Waals surface area contributed by atoms with E-state index in [0.717, 1.165) is 0 Å². The molecule has 0 radical (unpaired) electrons. The highest BCUT2D eigenvalue weighted by atomic mass is 79.9. The number of benzene rings is 1. The first-order chi connectivity index (χ1) is 9.65. The summed E-state index contributed by atoms with van der Waals surface area (Å²) in [7, 11) is 0. The van der Waals surface area contributed by atoms with E-state index in [1.54, 1.807) is 18.2 Å². The van der Waals surface area contributed by atoms with Crippen molar-refractivity contribution in [3.63, 3.8) is 0 Å². The topological polar surface area (TPSA) is 90.1 Å². The minimum atomic E-state index is -0.650. The fourth-order valence-corrected chi connectivity index (χ4v) is 2.35. The van der Waals surface area contributed by atoms with Gasteiger partial charge in [0.25, 0.3) is 0 Å². The van der Waals surface area contributed by atoms with Crippen LogP contribution in [-0.4, -0.2) is 10.9 Å². The van der Waals surface area contributed by atoms with Crippen molar-refractivity contribution in [2.24, 2.45) is 0 Å². The molecular weight excluding hydrogens is 358 g/mol. The van der Waals surface area contributed by atoms with Crippen molar-refractivity contribution in [1.82, 2.24) is 5.10 Å². The Balaban J connectivity index is 0.00000161. The minimum absolute atomic E-state index is 0. The third-order valence-electron chi connectivity index (χ3n) is 2.85. The predicted octanol–water partition coefficient (Wildman–Crippen LogP) is -1.99. The molecule has 2 N–H and O–H groups in total. The van der Waals surface area contributed by atoms with Crippen molar-refractivity contribution in [2.45, 2.75) is 6.54 Å². The first-order valence-electron chi connectivity index (χ1n) is 5.80. The van der Waals surface area contributed by atoms with Crippen LogP contribution in [0.4, 0.5) is 5.13 Å². The Bertz CT molecular complexity index is 859. The minimum Gasteiger partial charge on any atom is -1.00 e. The highest BCUT2D eigenvalue weighted by molar-refractivity contribution is 7.12. The molecule has 108 valence electrons. The summed E-state index contributed by atoms with van der Waals surface area (Å²) in [4.78, 5) is 24.0.